The highest BCUT2D eigenvalue weighted by Gasteiger charge is 2.34. The van der Waals surface area contributed by atoms with Crippen molar-refractivity contribution in [3.63, 3.8) is 0 Å². The van der Waals surface area contributed by atoms with Crippen LogP contribution in [0.25, 0.3) is 0 Å². The first-order valence-electron chi connectivity index (χ1n) is 7.46. The van der Waals surface area contributed by atoms with Gasteiger partial charge in [0.05, 0.1) is 0 Å². The molecule has 1 heterocycles. The third-order valence-corrected chi connectivity index (χ3v) is 4.09. The Morgan fingerprint density at radius 2 is 2.00 bits per heavy atom. The summed E-state index contributed by atoms with van der Waals surface area (Å²) in [5.41, 5.74) is -1.21. The molecule has 0 radical (unpaired) electrons. The number of nitrogens with one attached hydrogen (secondary N) is 2. The lowest BCUT2D eigenvalue weighted by Crippen LogP contribution is -2.58. The molecule has 3 N–H and O–H groups in total. The van der Waals surface area contributed by atoms with E-state index >= 15 is 0 Å². The minimum Gasteiger partial charge on any atom is -0.480 e. The Kier molecular flexibility index (Phi) is 6.42. The maximum atomic E-state index is 12.0. The van der Waals surface area contributed by atoms with Crippen LogP contribution in [0.4, 0.5) is 4.79 Å². The largest absolute Gasteiger partial charge is 0.480 e. The number of nitrogens with zero attached hydrogens (tertiary/aromatic N) is 2. The Morgan fingerprint density at radius 1 is 1.33 bits per heavy atom. The van der Waals surface area contributed by atoms with Gasteiger partial charge >= 0.3 is 12.0 Å². The molecule has 1 aliphatic heterocycles. The molecule has 0 spiro atoms. The van der Waals surface area contributed by atoms with Crippen LogP contribution < -0.4 is 10.6 Å². The Hall–Kier alpha value is -1.34. The SMILES string of the molecule is CCCC(C)(NC(=O)NCC1CN(C)CCN1C)C(=O)O. The minimum absolute atomic E-state index is 0.247. The third-order valence-electron chi connectivity index (χ3n) is 4.09. The summed E-state index contributed by atoms with van der Waals surface area (Å²) in [5, 5.41) is 14.6. The van der Waals surface area contributed by atoms with E-state index in [0.29, 0.717) is 19.4 Å². The topological polar surface area (TPSA) is 84.9 Å². The zero-order valence-electron chi connectivity index (χ0n) is 13.5. The van der Waals surface area contributed by atoms with Crippen molar-refractivity contribution in [2.75, 3.05) is 40.3 Å². The van der Waals surface area contributed by atoms with Gasteiger partial charge in [0, 0.05) is 32.2 Å². The smallest absolute Gasteiger partial charge is 0.329 e. The lowest BCUT2D eigenvalue weighted by Gasteiger charge is -2.37. The van der Waals surface area contributed by atoms with Gasteiger partial charge in [-0.05, 0) is 27.4 Å². The number of hydrogen-bond acceptors (Lipinski definition) is 4. The molecule has 2 amide bonds. The maximum absolute atomic E-state index is 12.0. The van der Waals surface area contributed by atoms with Gasteiger partial charge in [0.2, 0.25) is 0 Å². The molecule has 0 saturated carbocycles. The molecular formula is C14H28N4O3. The molecule has 1 rings (SSSR count). The van der Waals surface area contributed by atoms with Gasteiger partial charge in [0.25, 0.3) is 0 Å². The maximum Gasteiger partial charge on any atom is 0.329 e. The molecule has 2 unspecified atom stereocenters. The predicted octanol–water partition coefficient (Wildman–Crippen LogP) is 0.175. The number of likely N-dealkylation sites (N-methyl/N-ethyl adjacent to an activating group) is 2. The van der Waals surface area contributed by atoms with Crippen LogP contribution in [0, 0.1) is 0 Å². The molecule has 0 bridgehead atoms. The molecule has 7 heteroatoms. The summed E-state index contributed by atoms with van der Waals surface area (Å²) in [5.74, 6) is -1.01. The third kappa shape index (κ3) is 5.17. The van der Waals surface area contributed by atoms with E-state index in [1.807, 2.05) is 14.0 Å². The molecule has 0 aliphatic carbocycles. The van der Waals surface area contributed by atoms with E-state index in [9.17, 15) is 14.7 Å². The van der Waals surface area contributed by atoms with E-state index in [1.165, 1.54) is 0 Å². The van der Waals surface area contributed by atoms with Crippen molar-refractivity contribution in [2.24, 2.45) is 0 Å². The second-order valence-corrected chi connectivity index (χ2v) is 6.12. The van der Waals surface area contributed by atoms with Crippen LogP contribution >= 0.6 is 0 Å². The lowest BCUT2D eigenvalue weighted by atomic mass is 9.97. The van der Waals surface area contributed by atoms with Crippen LogP contribution in [0.3, 0.4) is 0 Å². The summed E-state index contributed by atoms with van der Waals surface area (Å²) < 4.78 is 0. The molecule has 0 aromatic rings. The number of amides is 2. The number of carbonyl (C=O) groups is 2. The highest BCUT2D eigenvalue weighted by Crippen LogP contribution is 2.12. The monoisotopic (exact) mass is 300 g/mol. The first-order chi connectivity index (χ1) is 9.78. The van der Waals surface area contributed by atoms with Crippen molar-refractivity contribution in [1.29, 1.82) is 0 Å². The Morgan fingerprint density at radius 3 is 2.57 bits per heavy atom. The van der Waals surface area contributed by atoms with Crippen molar-refractivity contribution < 1.29 is 14.7 Å². The van der Waals surface area contributed by atoms with Gasteiger partial charge in [-0.15, -0.1) is 0 Å². The summed E-state index contributed by atoms with van der Waals surface area (Å²) in [6.07, 6.45) is 1.10. The fourth-order valence-corrected chi connectivity index (χ4v) is 2.55. The predicted molar refractivity (Wildman–Crippen MR) is 81.4 cm³/mol. The number of piperazine rings is 1. The highest BCUT2D eigenvalue weighted by atomic mass is 16.4. The number of rotatable bonds is 6. The van der Waals surface area contributed by atoms with Gasteiger partial charge < -0.3 is 20.6 Å². The Bertz CT molecular complexity index is 377. The van der Waals surface area contributed by atoms with Gasteiger partial charge in [-0.2, -0.15) is 0 Å². The van der Waals surface area contributed by atoms with Gasteiger partial charge in [-0.25, -0.2) is 9.59 Å². The summed E-state index contributed by atoms with van der Waals surface area (Å²) in [6, 6.07) is -0.174. The van der Waals surface area contributed by atoms with Crippen LogP contribution in [0.1, 0.15) is 26.7 Å². The fourth-order valence-electron chi connectivity index (χ4n) is 2.55. The Labute approximate surface area is 126 Å². The minimum atomic E-state index is -1.21. The highest BCUT2D eigenvalue weighted by molar-refractivity contribution is 5.85. The summed E-state index contributed by atoms with van der Waals surface area (Å²) >= 11 is 0. The first-order valence-corrected chi connectivity index (χ1v) is 7.46. The molecule has 2 atom stereocenters. The summed E-state index contributed by atoms with van der Waals surface area (Å²) in [6.45, 7) is 6.82. The number of urea groups is 1. The quantitative estimate of drug-likeness (QED) is 0.651. The molecule has 1 fully saturated rings. The van der Waals surface area contributed by atoms with E-state index in [2.05, 4.69) is 27.5 Å². The molecule has 7 nitrogen and oxygen atoms in total. The van der Waals surface area contributed by atoms with E-state index < -0.39 is 17.5 Å². The van der Waals surface area contributed by atoms with E-state index in [4.69, 9.17) is 0 Å². The molecule has 1 saturated heterocycles. The van der Waals surface area contributed by atoms with Crippen molar-refractivity contribution in [3.05, 3.63) is 0 Å². The number of hydrogen-bond donors (Lipinski definition) is 3. The lowest BCUT2D eigenvalue weighted by molar-refractivity contribution is -0.144. The Balaban J connectivity index is 2.47. The van der Waals surface area contributed by atoms with E-state index in [1.54, 1.807) is 6.92 Å². The first kappa shape index (κ1) is 17.7. The molecule has 21 heavy (non-hydrogen) atoms. The van der Waals surface area contributed by atoms with Crippen LogP contribution in [-0.2, 0) is 4.79 Å². The van der Waals surface area contributed by atoms with Crippen LogP contribution in [-0.4, -0.2) is 78.8 Å². The van der Waals surface area contributed by atoms with Gasteiger partial charge in [-0.1, -0.05) is 13.3 Å². The van der Waals surface area contributed by atoms with Crippen molar-refractivity contribution in [3.8, 4) is 0 Å². The van der Waals surface area contributed by atoms with Crippen molar-refractivity contribution >= 4 is 12.0 Å². The van der Waals surface area contributed by atoms with Gasteiger partial charge in [0.1, 0.15) is 5.54 Å². The summed E-state index contributed by atoms with van der Waals surface area (Å²) in [7, 11) is 4.10. The van der Waals surface area contributed by atoms with Crippen LogP contribution in [0.2, 0.25) is 0 Å². The molecule has 0 aromatic heterocycles. The van der Waals surface area contributed by atoms with Gasteiger partial charge in [0.15, 0.2) is 0 Å². The van der Waals surface area contributed by atoms with Crippen molar-refractivity contribution in [2.45, 2.75) is 38.3 Å². The van der Waals surface area contributed by atoms with Crippen LogP contribution in [0.5, 0.6) is 0 Å². The average molecular weight is 300 g/mol. The van der Waals surface area contributed by atoms with Crippen LogP contribution in [0.15, 0.2) is 0 Å². The second-order valence-electron chi connectivity index (χ2n) is 6.12. The van der Waals surface area contributed by atoms with E-state index in [0.717, 1.165) is 19.6 Å². The zero-order chi connectivity index (χ0) is 16.0. The van der Waals surface area contributed by atoms with Crippen molar-refractivity contribution in [1.82, 2.24) is 20.4 Å². The molecule has 1 aliphatic rings. The second kappa shape index (κ2) is 7.61. The fraction of sp³-hybridized carbons (Fsp3) is 0.857. The van der Waals surface area contributed by atoms with Gasteiger partial charge in [-0.3, -0.25) is 4.90 Å². The number of carboxylic acids is 1. The summed E-state index contributed by atoms with van der Waals surface area (Å²) in [4.78, 5) is 27.7. The normalized spacial score (nSPS) is 23.3. The van der Waals surface area contributed by atoms with E-state index in [-0.39, 0.29) is 6.04 Å². The standard InChI is InChI=1S/C14H28N4O3/c1-5-6-14(2,12(19)20)16-13(21)15-9-11-10-17(3)7-8-18(11)4/h11H,5-10H2,1-4H3,(H,19,20)(H2,15,16,21). The molecule has 0 aromatic carbocycles. The average Bonchev–Trinajstić information content (AvgIpc) is 2.40. The molecular weight excluding hydrogens is 272 g/mol. The number of aliphatic carboxylic acids is 1. The number of carbonyl (C=O) groups excluding carboxylic acids is 1. The molecule has 122 valence electrons. The zero-order valence-corrected chi connectivity index (χ0v) is 13.5. The number of carboxylic acid groups (broad SMARTS) is 1.